The highest BCUT2D eigenvalue weighted by atomic mass is 35.5. The van der Waals surface area contributed by atoms with E-state index in [4.69, 9.17) is 0 Å². The van der Waals surface area contributed by atoms with Gasteiger partial charge < -0.3 is 5.32 Å². The number of thioether (sulfide) groups is 1. The lowest BCUT2D eigenvalue weighted by molar-refractivity contribution is 0.705. The molecular weight excluding hydrogens is 201 g/mol. The molecule has 1 aliphatic heterocycles. The Hall–Kier alpha value is 0.370. The van der Waals surface area contributed by atoms with Crippen LogP contribution in [0.4, 0.5) is 0 Å². The van der Waals surface area contributed by atoms with Gasteiger partial charge in [0.15, 0.2) is 0 Å². The van der Waals surface area contributed by atoms with Gasteiger partial charge in [0.25, 0.3) is 0 Å². The molecular formula is C7H11Cl2NS. The third-order valence-corrected chi connectivity index (χ3v) is 2.85. The fraction of sp³-hybridized carbons (Fsp3) is 0.429. The molecule has 0 spiro atoms. The molecule has 2 unspecified atom stereocenters. The first-order valence-electron chi connectivity index (χ1n) is 3.17. The van der Waals surface area contributed by atoms with Gasteiger partial charge in [-0.3, -0.25) is 0 Å². The maximum atomic E-state index is 3.38. The molecule has 4 heteroatoms. The highest BCUT2D eigenvalue weighted by molar-refractivity contribution is 8.00. The van der Waals surface area contributed by atoms with Crippen molar-refractivity contribution in [3.8, 4) is 0 Å². The van der Waals surface area contributed by atoms with Crippen LogP contribution in [0.2, 0.25) is 0 Å². The summed E-state index contributed by atoms with van der Waals surface area (Å²) in [4.78, 5) is 0. The fourth-order valence-corrected chi connectivity index (χ4v) is 2.25. The maximum absolute atomic E-state index is 3.38. The third kappa shape index (κ3) is 2.41. The van der Waals surface area contributed by atoms with Gasteiger partial charge in [0.05, 0.1) is 0 Å². The van der Waals surface area contributed by atoms with Gasteiger partial charge in [0.2, 0.25) is 0 Å². The molecule has 1 N–H and O–H groups in total. The summed E-state index contributed by atoms with van der Waals surface area (Å²) in [6.07, 6.45) is 8.72. The van der Waals surface area contributed by atoms with Crippen molar-refractivity contribution >= 4 is 36.6 Å². The predicted octanol–water partition coefficient (Wildman–Crippen LogP) is 1.99. The van der Waals surface area contributed by atoms with Crippen molar-refractivity contribution in [3.05, 3.63) is 24.3 Å². The first-order valence-corrected chi connectivity index (χ1v) is 4.22. The molecule has 64 valence electrons. The van der Waals surface area contributed by atoms with Gasteiger partial charge in [-0.15, -0.1) is 36.6 Å². The largest absolute Gasteiger partial charge is 0.300 e. The van der Waals surface area contributed by atoms with Crippen LogP contribution >= 0.6 is 36.6 Å². The third-order valence-electron chi connectivity index (χ3n) is 1.68. The van der Waals surface area contributed by atoms with Crippen molar-refractivity contribution in [2.75, 3.05) is 5.88 Å². The number of allylic oxidation sites excluding steroid dienone is 2. The Labute approximate surface area is 83.5 Å². The Balaban J connectivity index is 0.000000500. The lowest BCUT2D eigenvalue weighted by Crippen LogP contribution is -2.27. The Morgan fingerprint density at radius 1 is 1.18 bits per heavy atom. The van der Waals surface area contributed by atoms with E-state index in [1.807, 2.05) is 11.8 Å². The first kappa shape index (κ1) is 11.4. The smallest absolute Gasteiger partial charge is 0.0432 e. The van der Waals surface area contributed by atoms with Crippen LogP contribution in [0, 0.1) is 0 Å². The highest BCUT2D eigenvalue weighted by Crippen LogP contribution is 2.24. The molecule has 0 radical (unpaired) electrons. The summed E-state index contributed by atoms with van der Waals surface area (Å²) >= 11 is 1.98. The number of rotatable bonds is 0. The number of halogens is 2. The van der Waals surface area contributed by atoms with E-state index in [1.54, 1.807) is 0 Å². The van der Waals surface area contributed by atoms with E-state index >= 15 is 0 Å². The van der Waals surface area contributed by atoms with Crippen molar-refractivity contribution in [1.82, 2.24) is 5.32 Å². The number of hydrogen-bond acceptors (Lipinski definition) is 2. The second-order valence-corrected chi connectivity index (χ2v) is 3.44. The number of fused-ring (bicyclic) bond motifs is 1. The van der Waals surface area contributed by atoms with E-state index in [1.165, 1.54) is 0 Å². The van der Waals surface area contributed by atoms with E-state index in [9.17, 15) is 0 Å². The van der Waals surface area contributed by atoms with Crippen LogP contribution in [0.3, 0.4) is 0 Å². The molecule has 0 saturated carbocycles. The second kappa shape index (κ2) is 5.09. The topological polar surface area (TPSA) is 12.0 Å². The molecule has 1 saturated heterocycles. The lowest BCUT2D eigenvalue weighted by atomic mass is 10.1. The molecule has 2 rings (SSSR count). The van der Waals surface area contributed by atoms with Gasteiger partial charge in [-0.05, 0) is 0 Å². The summed E-state index contributed by atoms with van der Waals surface area (Å²) in [5, 5.41) is 4.09. The summed E-state index contributed by atoms with van der Waals surface area (Å²) in [5.41, 5.74) is 0. The zero-order valence-electron chi connectivity index (χ0n) is 5.90. The minimum Gasteiger partial charge on any atom is -0.300 e. The van der Waals surface area contributed by atoms with Gasteiger partial charge >= 0.3 is 0 Å². The Bertz CT molecular complexity index is 152. The van der Waals surface area contributed by atoms with E-state index in [0.717, 1.165) is 5.88 Å². The van der Waals surface area contributed by atoms with E-state index in [0.29, 0.717) is 11.3 Å². The van der Waals surface area contributed by atoms with Gasteiger partial charge in [-0.2, -0.15) is 0 Å². The standard InChI is InChI=1S/C7H9NS.2ClH/c1-2-4-7-6(3-1)8-5-9-7;;/h1-4,6-8H,5H2;2*1H. The van der Waals surface area contributed by atoms with Gasteiger partial charge in [0, 0.05) is 17.2 Å². The molecule has 0 aromatic carbocycles. The SMILES string of the molecule is C1=CC2NCSC2C=C1.Cl.Cl. The minimum absolute atomic E-state index is 0. The molecule has 0 aromatic heterocycles. The summed E-state index contributed by atoms with van der Waals surface area (Å²) in [6, 6.07) is 0.611. The Kier molecular flexibility index (Phi) is 5.26. The molecule has 2 aliphatic rings. The highest BCUT2D eigenvalue weighted by Gasteiger charge is 2.23. The molecule has 1 fully saturated rings. The van der Waals surface area contributed by atoms with Crippen LogP contribution in [0.5, 0.6) is 0 Å². The van der Waals surface area contributed by atoms with Crippen LogP contribution in [0.15, 0.2) is 24.3 Å². The average Bonchev–Trinajstić information content (AvgIpc) is 2.33. The average molecular weight is 212 g/mol. The number of nitrogens with one attached hydrogen (secondary N) is 1. The van der Waals surface area contributed by atoms with Gasteiger partial charge in [-0.25, -0.2) is 0 Å². The normalized spacial score (nSPS) is 32.0. The van der Waals surface area contributed by atoms with Crippen molar-refractivity contribution in [2.45, 2.75) is 11.3 Å². The quantitative estimate of drug-likeness (QED) is 0.659. The van der Waals surface area contributed by atoms with Crippen LogP contribution in [0.25, 0.3) is 0 Å². The van der Waals surface area contributed by atoms with Crippen LogP contribution in [-0.2, 0) is 0 Å². The maximum Gasteiger partial charge on any atom is 0.0432 e. The van der Waals surface area contributed by atoms with Crippen molar-refractivity contribution in [2.24, 2.45) is 0 Å². The minimum atomic E-state index is 0. The summed E-state index contributed by atoms with van der Waals surface area (Å²) in [6.45, 7) is 0. The molecule has 2 atom stereocenters. The van der Waals surface area contributed by atoms with E-state index in [-0.39, 0.29) is 24.8 Å². The van der Waals surface area contributed by atoms with Crippen LogP contribution in [0.1, 0.15) is 0 Å². The molecule has 0 aromatic rings. The van der Waals surface area contributed by atoms with Gasteiger partial charge in [0.1, 0.15) is 0 Å². The summed E-state index contributed by atoms with van der Waals surface area (Å²) in [5.74, 6) is 1.10. The zero-order chi connectivity index (χ0) is 6.10. The predicted molar refractivity (Wildman–Crippen MR) is 55.9 cm³/mol. The molecule has 0 bridgehead atoms. The van der Waals surface area contributed by atoms with E-state index < -0.39 is 0 Å². The lowest BCUT2D eigenvalue weighted by Gasteiger charge is -2.12. The zero-order valence-corrected chi connectivity index (χ0v) is 8.35. The first-order chi connectivity index (χ1) is 4.47. The molecule has 1 nitrogen and oxygen atoms in total. The molecule has 0 amide bonds. The van der Waals surface area contributed by atoms with Crippen molar-refractivity contribution in [3.63, 3.8) is 0 Å². The van der Waals surface area contributed by atoms with E-state index in [2.05, 4.69) is 29.6 Å². The van der Waals surface area contributed by atoms with Gasteiger partial charge in [-0.1, -0.05) is 24.3 Å². The molecule has 1 aliphatic carbocycles. The van der Waals surface area contributed by atoms with Crippen LogP contribution < -0.4 is 5.32 Å². The Morgan fingerprint density at radius 2 is 1.91 bits per heavy atom. The molecule has 11 heavy (non-hydrogen) atoms. The monoisotopic (exact) mass is 211 g/mol. The number of hydrogen-bond donors (Lipinski definition) is 1. The van der Waals surface area contributed by atoms with Crippen LogP contribution in [-0.4, -0.2) is 17.2 Å². The fourth-order valence-electron chi connectivity index (χ4n) is 1.17. The summed E-state index contributed by atoms with van der Waals surface area (Å²) in [7, 11) is 0. The summed E-state index contributed by atoms with van der Waals surface area (Å²) < 4.78 is 0. The second-order valence-electron chi connectivity index (χ2n) is 2.28. The Morgan fingerprint density at radius 3 is 2.64 bits per heavy atom. The van der Waals surface area contributed by atoms with Crippen molar-refractivity contribution < 1.29 is 0 Å². The van der Waals surface area contributed by atoms with Crippen molar-refractivity contribution in [1.29, 1.82) is 0 Å². The molecule has 1 heterocycles.